The van der Waals surface area contributed by atoms with Crippen molar-refractivity contribution >= 4 is 0 Å². The molecule has 0 fully saturated rings. The summed E-state index contributed by atoms with van der Waals surface area (Å²) in [7, 11) is 1.70. The molecule has 1 heteroatoms. The minimum atomic E-state index is 0.473. The molecule has 0 N–H and O–H groups in total. The first kappa shape index (κ1) is 9.28. The Morgan fingerprint density at radius 2 is 2.00 bits per heavy atom. The third kappa shape index (κ3) is 3.33. The third-order valence-corrected chi connectivity index (χ3v) is 1.26. The minimum Gasteiger partial charge on any atom is -0.501 e. The van der Waals surface area contributed by atoms with E-state index in [1.54, 1.807) is 7.11 Å². The second-order valence-electron chi connectivity index (χ2n) is 2.45. The van der Waals surface area contributed by atoms with Gasteiger partial charge in [-0.25, -0.2) is 0 Å². The van der Waals surface area contributed by atoms with Crippen molar-refractivity contribution in [1.29, 1.82) is 0 Å². The Kier molecular flexibility index (Phi) is 4.73. The van der Waals surface area contributed by atoms with Crippen molar-refractivity contribution in [1.82, 2.24) is 0 Å². The Morgan fingerprint density at radius 1 is 1.40 bits per heavy atom. The molecule has 0 heterocycles. The highest BCUT2D eigenvalue weighted by Crippen LogP contribution is 2.09. The van der Waals surface area contributed by atoms with Crippen molar-refractivity contribution in [3.8, 4) is 0 Å². The van der Waals surface area contributed by atoms with Gasteiger partial charge in [0.15, 0.2) is 0 Å². The molecule has 0 saturated carbocycles. The van der Waals surface area contributed by atoms with Crippen LogP contribution in [0.5, 0.6) is 0 Å². The number of rotatable bonds is 3. The van der Waals surface area contributed by atoms with Gasteiger partial charge in [0.2, 0.25) is 0 Å². The van der Waals surface area contributed by atoms with E-state index < -0.39 is 0 Å². The molecule has 0 rings (SSSR count). The first-order chi connectivity index (χ1) is 4.72. The highest BCUT2D eigenvalue weighted by Gasteiger charge is 1.98. The Balaban J connectivity index is 4.04. The van der Waals surface area contributed by atoms with Crippen LogP contribution in [0.3, 0.4) is 0 Å². The highest BCUT2D eigenvalue weighted by molar-refractivity contribution is 5.08. The van der Waals surface area contributed by atoms with Crippen LogP contribution >= 0.6 is 0 Å². The Hall–Kier alpha value is -0.720. The maximum Gasteiger partial charge on any atom is 0.0980 e. The average Bonchev–Trinajstić information content (AvgIpc) is 1.89. The molecule has 0 aliphatic carbocycles. The van der Waals surface area contributed by atoms with E-state index >= 15 is 0 Å². The number of methoxy groups -OCH3 is 1. The van der Waals surface area contributed by atoms with Crippen molar-refractivity contribution in [2.24, 2.45) is 5.92 Å². The molecular weight excluding hydrogens is 124 g/mol. The van der Waals surface area contributed by atoms with Gasteiger partial charge >= 0.3 is 0 Å². The molecule has 0 spiro atoms. The molecule has 0 aliphatic rings. The normalized spacial score (nSPS) is 13.1. The van der Waals surface area contributed by atoms with Gasteiger partial charge in [0, 0.05) is 5.92 Å². The van der Waals surface area contributed by atoms with E-state index in [4.69, 9.17) is 4.74 Å². The Bertz CT molecular complexity index is 132. The second kappa shape index (κ2) is 5.10. The standard InChI is InChI=1S/C9H16O/c1-5-6-7-9(10-4)8(2)3/h5-8H,1-4H3/b6-5+,9-7-. The predicted molar refractivity (Wildman–Crippen MR) is 44.7 cm³/mol. The molecule has 0 radical (unpaired) electrons. The van der Waals surface area contributed by atoms with Gasteiger partial charge in [-0.05, 0) is 13.0 Å². The van der Waals surface area contributed by atoms with Crippen LogP contribution in [-0.4, -0.2) is 7.11 Å². The fourth-order valence-electron chi connectivity index (χ4n) is 0.687. The van der Waals surface area contributed by atoms with Gasteiger partial charge in [-0.15, -0.1) is 0 Å². The number of hydrogen-bond acceptors (Lipinski definition) is 1. The van der Waals surface area contributed by atoms with Crippen LogP contribution in [0.1, 0.15) is 20.8 Å². The zero-order valence-corrected chi connectivity index (χ0v) is 7.22. The minimum absolute atomic E-state index is 0.473. The summed E-state index contributed by atoms with van der Waals surface area (Å²) in [5, 5.41) is 0. The lowest BCUT2D eigenvalue weighted by Gasteiger charge is -2.07. The lowest BCUT2D eigenvalue weighted by Crippen LogP contribution is -1.95. The Morgan fingerprint density at radius 3 is 2.30 bits per heavy atom. The fraction of sp³-hybridized carbons (Fsp3) is 0.556. The molecule has 0 saturated heterocycles. The van der Waals surface area contributed by atoms with Crippen molar-refractivity contribution < 1.29 is 4.74 Å². The first-order valence-corrected chi connectivity index (χ1v) is 3.59. The summed E-state index contributed by atoms with van der Waals surface area (Å²) in [6.07, 6.45) is 5.96. The van der Waals surface area contributed by atoms with Gasteiger partial charge in [0.25, 0.3) is 0 Å². The van der Waals surface area contributed by atoms with E-state index in [9.17, 15) is 0 Å². The van der Waals surface area contributed by atoms with E-state index in [0.29, 0.717) is 5.92 Å². The molecule has 0 aromatic heterocycles. The summed E-state index contributed by atoms with van der Waals surface area (Å²) >= 11 is 0. The van der Waals surface area contributed by atoms with Gasteiger partial charge in [-0.2, -0.15) is 0 Å². The SMILES string of the molecule is C/C=C/C=C(\OC)C(C)C. The predicted octanol–water partition coefficient (Wildman–Crippen LogP) is 2.75. The van der Waals surface area contributed by atoms with E-state index in [2.05, 4.69) is 13.8 Å². The van der Waals surface area contributed by atoms with Gasteiger partial charge in [-0.1, -0.05) is 26.0 Å². The van der Waals surface area contributed by atoms with Crippen LogP contribution in [0.15, 0.2) is 24.0 Å². The number of hydrogen-bond donors (Lipinski definition) is 0. The molecule has 0 aliphatic heterocycles. The average molecular weight is 140 g/mol. The molecule has 0 unspecified atom stereocenters. The van der Waals surface area contributed by atoms with Crippen molar-refractivity contribution in [2.75, 3.05) is 7.11 Å². The lowest BCUT2D eigenvalue weighted by atomic mass is 10.1. The topological polar surface area (TPSA) is 9.23 Å². The van der Waals surface area contributed by atoms with Crippen molar-refractivity contribution in [3.63, 3.8) is 0 Å². The van der Waals surface area contributed by atoms with Crippen LogP contribution in [0.25, 0.3) is 0 Å². The van der Waals surface area contributed by atoms with Crippen LogP contribution in [-0.2, 0) is 4.74 Å². The molecule has 0 aromatic rings. The summed E-state index contributed by atoms with van der Waals surface area (Å²) in [6, 6.07) is 0. The van der Waals surface area contributed by atoms with Gasteiger partial charge < -0.3 is 4.74 Å². The summed E-state index contributed by atoms with van der Waals surface area (Å²) in [5.41, 5.74) is 0. The van der Waals surface area contributed by atoms with E-state index in [-0.39, 0.29) is 0 Å². The largest absolute Gasteiger partial charge is 0.501 e. The quantitative estimate of drug-likeness (QED) is 0.432. The maximum absolute atomic E-state index is 5.12. The molecule has 0 aromatic carbocycles. The van der Waals surface area contributed by atoms with E-state index in [1.165, 1.54) is 0 Å². The van der Waals surface area contributed by atoms with Gasteiger partial charge in [0.05, 0.1) is 12.9 Å². The molecule has 0 amide bonds. The zero-order valence-electron chi connectivity index (χ0n) is 7.22. The second-order valence-corrected chi connectivity index (χ2v) is 2.45. The molecule has 1 nitrogen and oxygen atoms in total. The fourth-order valence-corrected chi connectivity index (χ4v) is 0.687. The molecule has 58 valence electrons. The highest BCUT2D eigenvalue weighted by atomic mass is 16.5. The van der Waals surface area contributed by atoms with Crippen LogP contribution in [0.4, 0.5) is 0 Å². The molecule has 0 atom stereocenters. The van der Waals surface area contributed by atoms with Crippen LogP contribution < -0.4 is 0 Å². The van der Waals surface area contributed by atoms with Gasteiger partial charge in [0.1, 0.15) is 0 Å². The maximum atomic E-state index is 5.12. The summed E-state index contributed by atoms with van der Waals surface area (Å²) in [4.78, 5) is 0. The number of ether oxygens (including phenoxy) is 1. The van der Waals surface area contributed by atoms with Crippen LogP contribution in [0, 0.1) is 5.92 Å². The van der Waals surface area contributed by atoms with Crippen LogP contribution in [0.2, 0.25) is 0 Å². The summed E-state index contributed by atoms with van der Waals surface area (Å²) < 4.78 is 5.12. The smallest absolute Gasteiger partial charge is 0.0980 e. The summed E-state index contributed by atoms with van der Waals surface area (Å²) in [5.74, 6) is 1.50. The van der Waals surface area contributed by atoms with Crippen molar-refractivity contribution in [2.45, 2.75) is 20.8 Å². The lowest BCUT2D eigenvalue weighted by molar-refractivity contribution is 0.254. The molecular formula is C9H16O. The van der Waals surface area contributed by atoms with E-state index in [0.717, 1.165) is 5.76 Å². The zero-order chi connectivity index (χ0) is 7.98. The first-order valence-electron chi connectivity index (χ1n) is 3.59. The van der Waals surface area contributed by atoms with Crippen molar-refractivity contribution in [3.05, 3.63) is 24.0 Å². The Labute approximate surface area is 63.4 Å². The molecule has 10 heavy (non-hydrogen) atoms. The third-order valence-electron chi connectivity index (χ3n) is 1.26. The van der Waals surface area contributed by atoms with Gasteiger partial charge in [-0.3, -0.25) is 0 Å². The molecule has 0 bridgehead atoms. The monoisotopic (exact) mass is 140 g/mol. The number of allylic oxidation sites excluding steroid dienone is 4. The van der Waals surface area contributed by atoms with E-state index in [1.807, 2.05) is 25.2 Å². The summed E-state index contributed by atoms with van der Waals surface area (Å²) in [6.45, 7) is 6.21.